The number of halogens is 1. The molecule has 0 spiro atoms. The second kappa shape index (κ2) is 7.58. The van der Waals surface area contributed by atoms with Gasteiger partial charge in [0.05, 0.1) is 6.54 Å². The third-order valence-corrected chi connectivity index (χ3v) is 4.10. The number of aliphatic hydroxyl groups excluding tert-OH is 1. The zero-order chi connectivity index (χ0) is 16.0. The molecule has 1 atom stereocenters. The van der Waals surface area contributed by atoms with Gasteiger partial charge in [-0.15, -0.1) is 0 Å². The number of nitrogens with one attached hydrogen (secondary N) is 2. The zero-order valence-corrected chi connectivity index (χ0v) is 13.4. The van der Waals surface area contributed by atoms with Crippen LogP contribution in [-0.2, 0) is 5.41 Å². The standard InChI is InChI=1S/C17H26FN3O/c1-3-19-16(20-10-13(2)11-22)21-12-17(7-8-17)14-5-4-6-15(18)9-14/h4-6,9,13,22H,3,7-8,10-12H2,1-2H3,(H2,19,20,21). The maximum atomic E-state index is 13.4. The van der Waals surface area contributed by atoms with E-state index in [1.807, 2.05) is 19.9 Å². The summed E-state index contributed by atoms with van der Waals surface area (Å²) in [5, 5.41) is 15.5. The summed E-state index contributed by atoms with van der Waals surface area (Å²) >= 11 is 0. The molecule has 0 saturated heterocycles. The van der Waals surface area contributed by atoms with Crippen LogP contribution >= 0.6 is 0 Å². The average molecular weight is 307 g/mol. The van der Waals surface area contributed by atoms with E-state index in [-0.39, 0.29) is 23.8 Å². The monoisotopic (exact) mass is 307 g/mol. The predicted molar refractivity (Wildman–Crippen MR) is 87.5 cm³/mol. The minimum Gasteiger partial charge on any atom is -0.396 e. The highest BCUT2D eigenvalue weighted by atomic mass is 19.1. The van der Waals surface area contributed by atoms with Crippen LogP contribution in [0.2, 0.25) is 0 Å². The Morgan fingerprint density at radius 1 is 1.41 bits per heavy atom. The van der Waals surface area contributed by atoms with E-state index in [1.54, 1.807) is 12.1 Å². The van der Waals surface area contributed by atoms with Crippen LogP contribution in [0.1, 0.15) is 32.3 Å². The molecule has 1 fully saturated rings. The summed E-state index contributed by atoms with van der Waals surface area (Å²) in [6.45, 7) is 6.26. The summed E-state index contributed by atoms with van der Waals surface area (Å²) in [7, 11) is 0. The van der Waals surface area contributed by atoms with Crippen molar-refractivity contribution in [3.05, 3.63) is 35.6 Å². The Morgan fingerprint density at radius 3 is 2.77 bits per heavy atom. The fraction of sp³-hybridized carbons (Fsp3) is 0.588. The largest absolute Gasteiger partial charge is 0.396 e. The van der Waals surface area contributed by atoms with E-state index >= 15 is 0 Å². The van der Waals surface area contributed by atoms with E-state index in [4.69, 9.17) is 5.11 Å². The van der Waals surface area contributed by atoms with Gasteiger partial charge in [0, 0.05) is 25.1 Å². The molecule has 0 radical (unpaired) electrons. The van der Waals surface area contributed by atoms with Crippen LogP contribution in [0.25, 0.3) is 0 Å². The minimum atomic E-state index is -0.186. The van der Waals surface area contributed by atoms with E-state index in [0.717, 1.165) is 30.9 Å². The molecular weight excluding hydrogens is 281 g/mol. The predicted octanol–water partition coefficient (Wildman–Crippen LogP) is 2.04. The van der Waals surface area contributed by atoms with Gasteiger partial charge in [-0.2, -0.15) is 0 Å². The van der Waals surface area contributed by atoms with Crippen molar-refractivity contribution in [1.82, 2.24) is 10.6 Å². The summed E-state index contributed by atoms with van der Waals surface area (Å²) in [5.41, 5.74) is 1.03. The molecule has 0 amide bonds. The van der Waals surface area contributed by atoms with Gasteiger partial charge >= 0.3 is 0 Å². The molecule has 0 aromatic heterocycles. The number of aliphatic imine (C=N–C) groups is 1. The van der Waals surface area contributed by atoms with E-state index in [2.05, 4.69) is 15.6 Å². The Balaban J connectivity index is 2.00. The highest BCUT2D eigenvalue weighted by molar-refractivity contribution is 5.79. The lowest BCUT2D eigenvalue weighted by atomic mass is 9.96. The summed E-state index contributed by atoms with van der Waals surface area (Å²) in [6.07, 6.45) is 2.10. The van der Waals surface area contributed by atoms with Gasteiger partial charge in [0.15, 0.2) is 5.96 Å². The number of guanidine groups is 1. The van der Waals surface area contributed by atoms with Crippen LogP contribution in [-0.4, -0.2) is 37.3 Å². The highest BCUT2D eigenvalue weighted by Crippen LogP contribution is 2.48. The molecule has 122 valence electrons. The van der Waals surface area contributed by atoms with Crippen molar-refractivity contribution in [1.29, 1.82) is 0 Å². The van der Waals surface area contributed by atoms with Gasteiger partial charge in [0.2, 0.25) is 0 Å². The van der Waals surface area contributed by atoms with Crippen LogP contribution in [0.4, 0.5) is 4.39 Å². The number of nitrogens with zero attached hydrogens (tertiary/aromatic N) is 1. The van der Waals surface area contributed by atoms with E-state index < -0.39 is 0 Å². The smallest absolute Gasteiger partial charge is 0.191 e. The Morgan fingerprint density at radius 2 is 2.18 bits per heavy atom. The van der Waals surface area contributed by atoms with Gasteiger partial charge in [0.1, 0.15) is 5.82 Å². The van der Waals surface area contributed by atoms with Gasteiger partial charge < -0.3 is 15.7 Å². The van der Waals surface area contributed by atoms with Crippen molar-refractivity contribution in [2.24, 2.45) is 10.9 Å². The Kier molecular flexibility index (Phi) is 5.77. The van der Waals surface area contributed by atoms with Crippen molar-refractivity contribution < 1.29 is 9.50 Å². The summed E-state index contributed by atoms with van der Waals surface area (Å²) in [5.74, 6) is 0.752. The highest BCUT2D eigenvalue weighted by Gasteiger charge is 2.44. The second-order valence-electron chi connectivity index (χ2n) is 6.15. The summed E-state index contributed by atoms with van der Waals surface area (Å²) < 4.78 is 13.4. The van der Waals surface area contributed by atoms with Gasteiger partial charge in [-0.25, -0.2) is 4.39 Å². The number of hydrogen-bond donors (Lipinski definition) is 3. The lowest BCUT2D eigenvalue weighted by Gasteiger charge is -2.17. The van der Waals surface area contributed by atoms with Crippen LogP contribution in [0.5, 0.6) is 0 Å². The molecule has 4 nitrogen and oxygen atoms in total. The number of aliphatic hydroxyl groups is 1. The maximum Gasteiger partial charge on any atom is 0.191 e. The number of benzene rings is 1. The molecule has 1 aliphatic carbocycles. The SMILES string of the molecule is CCNC(=NCC1(c2cccc(F)c2)CC1)NCC(C)CO. The fourth-order valence-electron chi connectivity index (χ4n) is 2.41. The normalized spacial score (nSPS) is 17.9. The molecule has 22 heavy (non-hydrogen) atoms. The van der Waals surface area contributed by atoms with Crippen LogP contribution in [0.15, 0.2) is 29.3 Å². The zero-order valence-electron chi connectivity index (χ0n) is 13.4. The lowest BCUT2D eigenvalue weighted by Crippen LogP contribution is -2.40. The fourth-order valence-corrected chi connectivity index (χ4v) is 2.41. The van der Waals surface area contributed by atoms with Crippen molar-refractivity contribution in [3.63, 3.8) is 0 Å². The van der Waals surface area contributed by atoms with E-state index in [0.29, 0.717) is 13.1 Å². The minimum absolute atomic E-state index is 0.00690. The Bertz CT molecular complexity index is 514. The van der Waals surface area contributed by atoms with E-state index in [1.165, 1.54) is 6.07 Å². The van der Waals surface area contributed by atoms with Gasteiger partial charge in [0.25, 0.3) is 0 Å². The number of rotatable bonds is 7. The first-order valence-corrected chi connectivity index (χ1v) is 7.99. The summed E-state index contributed by atoms with van der Waals surface area (Å²) in [4.78, 5) is 4.65. The molecule has 0 heterocycles. The first-order valence-electron chi connectivity index (χ1n) is 7.99. The molecule has 0 bridgehead atoms. The van der Waals surface area contributed by atoms with Crippen LogP contribution in [0.3, 0.4) is 0 Å². The molecular formula is C17H26FN3O. The van der Waals surface area contributed by atoms with Gasteiger partial charge in [-0.3, -0.25) is 4.99 Å². The average Bonchev–Trinajstić information content (AvgIpc) is 3.31. The Hall–Kier alpha value is -1.62. The molecule has 1 saturated carbocycles. The molecule has 1 aliphatic rings. The molecule has 1 unspecified atom stereocenters. The van der Waals surface area contributed by atoms with Crippen LogP contribution in [0, 0.1) is 11.7 Å². The molecule has 1 aromatic rings. The first kappa shape index (κ1) is 16.7. The number of hydrogen-bond acceptors (Lipinski definition) is 2. The third-order valence-electron chi connectivity index (χ3n) is 4.10. The van der Waals surface area contributed by atoms with E-state index in [9.17, 15) is 4.39 Å². The van der Waals surface area contributed by atoms with Crippen molar-refractivity contribution in [2.45, 2.75) is 32.1 Å². The van der Waals surface area contributed by atoms with Crippen molar-refractivity contribution in [2.75, 3.05) is 26.2 Å². The van der Waals surface area contributed by atoms with Crippen LogP contribution < -0.4 is 10.6 Å². The first-order chi connectivity index (χ1) is 10.6. The third kappa shape index (κ3) is 4.44. The Labute approximate surface area is 131 Å². The molecule has 3 N–H and O–H groups in total. The summed E-state index contributed by atoms with van der Waals surface area (Å²) in [6, 6.07) is 6.85. The molecule has 1 aromatic carbocycles. The maximum absolute atomic E-state index is 13.4. The van der Waals surface area contributed by atoms with Crippen molar-refractivity contribution in [3.8, 4) is 0 Å². The lowest BCUT2D eigenvalue weighted by molar-refractivity contribution is 0.238. The van der Waals surface area contributed by atoms with Gasteiger partial charge in [-0.05, 0) is 43.4 Å². The van der Waals surface area contributed by atoms with Gasteiger partial charge in [-0.1, -0.05) is 19.1 Å². The molecule has 2 rings (SSSR count). The topological polar surface area (TPSA) is 56.7 Å². The van der Waals surface area contributed by atoms with Crippen molar-refractivity contribution >= 4 is 5.96 Å². The molecule has 0 aliphatic heterocycles. The second-order valence-corrected chi connectivity index (χ2v) is 6.15. The quantitative estimate of drug-likeness (QED) is 0.534. The molecule has 5 heteroatoms.